The summed E-state index contributed by atoms with van der Waals surface area (Å²) in [5, 5.41) is 11.0. The van der Waals surface area contributed by atoms with Crippen molar-refractivity contribution in [2.75, 3.05) is 11.9 Å². The molecule has 8 heteroatoms. The van der Waals surface area contributed by atoms with E-state index >= 15 is 0 Å². The Morgan fingerprint density at radius 2 is 1.77 bits per heavy atom. The van der Waals surface area contributed by atoms with E-state index in [0.717, 1.165) is 10.9 Å². The average molecular weight is 479 g/mol. The highest BCUT2D eigenvalue weighted by Gasteiger charge is 2.23. The number of unbranched alkanes of at least 4 members (excludes halogenated alkanes) is 1. The van der Waals surface area contributed by atoms with E-state index in [1.165, 1.54) is 0 Å². The first-order valence-electron chi connectivity index (χ1n) is 11.9. The number of hydrogen-bond acceptors (Lipinski definition) is 5. The van der Waals surface area contributed by atoms with Gasteiger partial charge in [-0.2, -0.15) is 5.10 Å². The Morgan fingerprint density at radius 1 is 1.06 bits per heavy atom. The fraction of sp³-hybridized carbons (Fsp3) is 0.407. The molecule has 3 aromatic rings. The average Bonchev–Trinajstić information content (AvgIpc) is 2.78. The van der Waals surface area contributed by atoms with Crippen LogP contribution in [0.1, 0.15) is 53.9 Å². The van der Waals surface area contributed by atoms with E-state index in [1.54, 1.807) is 11.0 Å². The quantitative estimate of drug-likeness (QED) is 0.425. The zero-order valence-corrected chi connectivity index (χ0v) is 21.1. The van der Waals surface area contributed by atoms with Gasteiger partial charge in [0, 0.05) is 35.6 Å². The molecule has 0 saturated carbocycles. The molecule has 2 amide bonds. The molecule has 0 spiro atoms. The van der Waals surface area contributed by atoms with Crippen molar-refractivity contribution in [2.24, 2.45) is 0 Å². The molecule has 186 valence electrons. The van der Waals surface area contributed by atoms with E-state index in [4.69, 9.17) is 4.74 Å². The number of aromatic nitrogens is 2. The van der Waals surface area contributed by atoms with Crippen LogP contribution in [0.15, 0.2) is 53.3 Å². The van der Waals surface area contributed by atoms with Crippen LogP contribution >= 0.6 is 0 Å². The van der Waals surface area contributed by atoms with E-state index < -0.39 is 5.60 Å². The second-order valence-electron chi connectivity index (χ2n) is 9.80. The molecular formula is C27H34N4O4. The van der Waals surface area contributed by atoms with Crippen molar-refractivity contribution in [3.8, 4) is 11.3 Å². The Morgan fingerprint density at radius 3 is 2.46 bits per heavy atom. The van der Waals surface area contributed by atoms with E-state index in [1.807, 2.05) is 77.1 Å². The van der Waals surface area contributed by atoms with Crippen molar-refractivity contribution in [3.63, 3.8) is 0 Å². The van der Waals surface area contributed by atoms with Gasteiger partial charge >= 0.3 is 6.09 Å². The number of fused-ring (bicyclic) bond motifs is 1. The Balaban J connectivity index is 1.58. The molecule has 0 aliphatic heterocycles. The highest BCUT2D eigenvalue weighted by atomic mass is 16.6. The molecule has 1 heterocycles. The van der Waals surface area contributed by atoms with Gasteiger partial charge < -0.3 is 15.0 Å². The van der Waals surface area contributed by atoms with E-state index in [-0.39, 0.29) is 23.6 Å². The molecule has 0 aliphatic carbocycles. The molecule has 2 N–H and O–H groups in total. The van der Waals surface area contributed by atoms with Gasteiger partial charge in [-0.1, -0.05) is 30.3 Å². The van der Waals surface area contributed by atoms with Crippen LogP contribution in [0.4, 0.5) is 10.5 Å². The van der Waals surface area contributed by atoms with Gasteiger partial charge in [0.25, 0.3) is 5.56 Å². The number of aromatic amines is 1. The second kappa shape index (κ2) is 11.2. The van der Waals surface area contributed by atoms with Crippen LogP contribution in [0.3, 0.4) is 0 Å². The summed E-state index contributed by atoms with van der Waals surface area (Å²) in [4.78, 5) is 38.7. The standard InChI is InChI=1S/C27H34N4O4/c1-18(2)31(26(34)35-27(3,4)5)16-9-8-15-23(32)28-20-12-10-11-19(17-20)24-21-13-6-7-14-22(21)25(33)30-29-24/h6-7,10-14,17-18H,8-9,15-16H2,1-5H3,(H,28,32)(H,30,33). The van der Waals surface area contributed by atoms with E-state index in [9.17, 15) is 14.4 Å². The lowest BCUT2D eigenvalue weighted by molar-refractivity contribution is -0.116. The first-order chi connectivity index (χ1) is 16.5. The van der Waals surface area contributed by atoms with Crippen LogP contribution < -0.4 is 10.9 Å². The van der Waals surface area contributed by atoms with Crippen molar-refractivity contribution in [2.45, 2.75) is 65.5 Å². The topological polar surface area (TPSA) is 104 Å². The highest BCUT2D eigenvalue weighted by Crippen LogP contribution is 2.26. The number of rotatable bonds is 8. The molecule has 2 aromatic carbocycles. The summed E-state index contributed by atoms with van der Waals surface area (Å²) >= 11 is 0. The Labute approximate surface area is 205 Å². The summed E-state index contributed by atoms with van der Waals surface area (Å²) < 4.78 is 5.48. The second-order valence-corrected chi connectivity index (χ2v) is 9.80. The third-order valence-corrected chi connectivity index (χ3v) is 5.42. The molecule has 1 aromatic heterocycles. The van der Waals surface area contributed by atoms with Crippen molar-refractivity contribution in [3.05, 3.63) is 58.9 Å². The molecule has 0 bridgehead atoms. The van der Waals surface area contributed by atoms with Gasteiger partial charge in [0.1, 0.15) is 5.60 Å². The third kappa shape index (κ3) is 7.15. The summed E-state index contributed by atoms with van der Waals surface area (Å²) in [6.07, 6.45) is 1.34. The molecule has 0 fully saturated rings. The molecule has 35 heavy (non-hydrogen) atoms. The number of benzene rings is 2. The number of anilines is 1. The minimum atomic E-state index is -0.546. The zero-order chi connectivity index (χ0) is 25.6. The van der Waals surface area contributed by atoms with E-state index in [0.29, 0.717) is 42.6 Å². The normalized spacial score (nSPS) is 11.5. The first kappa shape index (κ1) is 25.9. The minimum absolute atomic E-state index is 0.0130. The van der Waals surface area contributed by atoms with Crippen molar-refractivity contribution in [1.29, 1.82) is 0 Å². The molecule has 3 rings (SSSR count). The molecule has 8 nitrogen and oxygen atoms in total. The van der Waals surface area contributed by atoms with Gasteiger partial charge in [0.15, 0.2) is 0 Å². The van der Waals surface area contributed by atoms with Gasteiger partial charge in [-0.15, -0.1) is 0 Å². The SMILES string of the molecule is CC(C)N(CCCCC(=O)Nc1cccc(-c2n[nH]c(=O)c3ccccc23)c1)C(=O)OC(C)(C)C. The fourth-order valence-electron chi connectivity index (χ4n) is 3.75. The fourth-order valence-corrected chi connectivity index (χ4v) is 3.75. The molecule has 0 atom stereocenters. The number of nitrogens with zero attached hydrogens (tertiary/aromatic N) is 2. The third-order valence-electron chi connectivity index (χ3n) is 5.42. The van der Waals surface area contributed by atoms with Crippen molar-refractivity contribution >= 4 is 28.5 Å². The number of carbonyl (C=O) groups is 2. The molecule has 0 saturated heterocycles. The van der Waals surface area contributed by atoms with Gasteiger partial charge in [-0.25, -0.2) is 9.89 Å². The minimum Gasteiger partial charge on any atom is -0.444 e. The summed E-state index contributed by atoms with van der Waals surface area (Å²) in [6.45, 7) is 9.96. The Kier molecular flexibility index (Phi) is 8.27. The maximum atomic E-state index is 12.5. The van der Waals surface area contributed by atoms with Crippen LogP contribution in [0.25, 0.3) is 22.0 Å². The van der Waals surface area contributed by atoms with Crippen LogP contribution in [0.5, 0.6) is 0 Å². The predicted molar refractivity (Wildman–Crippen MR) is 138 cm³/mol. The van der Waals surface area contributed by atoms with Gasteiger partial charge in [0.2, 0.25) is 5.91 Å². The van der Waals surface area contributed by atoms with Gasteiger partial charge in [-0.05, 0) is 65.7 Å². The molecule has 0 aliphatic rings. The maximum Gasteiger partial charge on any atom is 0.410 e. The lowest BCUT2D eigenvalue weighted by Gasteiger charge is -2.30. The largest absolute Gasteiger partial charge is 0.444 e. The number of ether oxygens (including phenoxy) is 1. The Hall–Kier alpha value is -3.68. The number of carbonyl (C=O) groups excluding carboxylic acids is 2. The van der Waals surface area contributed by atoms with Crippen molar-refractivity contribution < 1.29 is 14.3 Å². The van der Waals surface area contributed by atoms with Crippen LogP contribution in [0.2, 0.25) is 0 Å². The number of amides is 2. The summed E-state index contributed by atoms with van der Waals surface area (Å²) in [6, 6.07) is 14.7. The monoisotopic (exact) mass is 478 g/mol. The zero-order valence-electron chi connectivity index (χ0n) is 21.1. The smallest absolute Gasteiger partial charge is 0.410 e. The van der Waals surface area contributed by atoms with Gasteiger partial charge in [-0.3, -0.25) is 9.59 Å². The maximum absolute atomic E-state index is 12.5. The lowest BCUT2D eigenvalue weighted by Crippen LogP contribution is -2.41. The molecule has 0 radical (unpaired) electrons. The van der Waals surface area contributed by atoms with Crippen LogP contribution in [0, 0.1) is 0 Å². The summed E-state index contributed by atoms with van der Waals surface area (Å²) in [5.41, 5.74) is 1.31. The molecular weight excluding hydrogens is 444 g/mol. The predicted octanol–water partition coefficient (Wildman–Crippen LogP) is 5.34. The summed E-state index contributed by atoms with van der Waals surface area (Å²) in [5.74, 6) is -0.102. The van der Waals surface area contributed by atoms with Crippen LogP contribution in [-0.2, 0) is 9.53 Å². The van der Waals surface area contributed by atoms with Crippen molar-refractivity contribution in [1.82, 2.24) is 15.1 Å². The summed E-state index contributed by atoms with van der Waals surface area (Å²) in [7, 11) is 0. The van der Waals surface area contributed by atoms with E-state index in [2.05, 4.69) is 15.5 Å². The Bertz CT molecular complexity index is 1240. The number of H-pyrrole nitrogens is 1. The lowest BCUT2D eigenvalue weighted by atomic mass is 10.0. The van der Waals surface area contributed by atoms with Crippen LogP contribution in [-0.4, -0.2) is 45.3 Å². The number of nitrogens with one attached hydrogen (secondary N) is 2. The number of hydrogen-bond donors (Lipinski definition) is 2. The molecule has 0 unspecified atom stereocenters. The van der Waals surface area contributed by atoms with Gasteiger partial charge in [0.05, 0.1) is 11.1 Å². The highest BCUT2D eigenvalue weighted by molar-refractivity contribution is 5.95. The first-order valence-corrected chi connectivity index (χ1v) is 11.9.